The molecule has 3 aromatic rings. The lowest BCUT2D eigenvalue weighted by atomic mass is 10.1. The SMILES string of the molecule is Cc1cc(Cl)cc(C)c1OCCCCOc1ncnc2ccccc12. The minimum Gasteiger partial charge on any atom is -0.493 e. The highest BCUT2D eigenvalue weighted by molar-refractivity contribution is 6.30. The summed E-state index contributed by atoms with van der Waals surface area (Å²) in [7, 11) is 0. The Hall–Kier alpha value is -2.33. The molecule has 0 saturated heterocycles. The minimum absolute atomic E-state index is 0.600. The lowest BCUT2D eigenvalue weighted by Gasteiger charge is -2.13. The number of halogens is 1. The quantitative estimate of drug-likeness (QED) is 0.550. The van der Waals surface area contributed by atoms with Gasteiger partial charge >= 0.3 is 0 Å². The summed E-state index contributed by atoms with van der Waals surface area (Å²) >= 11 is 6.04. The van der Waals surface area contributed by atoms with Crippen LogP contribution in [0.4, 0.5) is 0 Å². The lowest BCUT2D eigenvalue weighted by molar-refractivity contribution is 0.261. The van der Waals surface area contributed by atoms with Crippen molar-refractivity contribution in [1.82, 2.24) is 9.97 Å². The number of rotatable bonds is 7. The van der Waals surface area contributed by atoms with E-state index in [0.29, 0.717) is 19.1 Å². The maximum absolute atomic E-state index is 6.04. The van der Waals surface area contributed by atoms with Crippen molar-refractivity contribution in [2.24, 2.45) is 0 Å². The molecule has 0 N–H and O–H groups in total. The first-order chi connectivity index (χ1) is 12.1. The smallest absolute Gasteiger partial charge is 0.224 e. The first-order valence-corrected chi connectivity index (χ1v) is 8.75. The highest BCUT2D eigenvalue weighted by Crippen LogP contribution is 2.27. The Morgan fingerprint density at radius 2 is 1.60 bits per heavy atom. The predicted molar refractivity (Wildman–Crippen MR) is 101 cm³/mol. The topological polar surface area (TPSA) is 44.2 Å². The van der Waals surface area contributed by atoms with Crippen molar-refractivity contribution in [3.63, 3.8) is 0 Å². The van der Waals surface area contributed by atoms with Gasteiger partial charge in [0, 0.05) is 5.02 Å². The van der Waals surface area contributed by atoms with E-state index in [1.165, 1.54) is 6.33 Å². The van der Waals surface area contributed by atoms with Crippen LogP contribution in [0.1, 0.15) is 24.0 Å². The molecule has 0 fully saturated rings. The second-order valence-corrected chi connectivity index (χ2v) is 6.41. The van der Waals surface area contributed by atoms with Crippen LogP contribution in [0.3, 0.4) is 0 Å². The summed E-state index contributed by atoms with van der Waals surface area (Å²) in [5, 5.41) is 1.68. The molecule has 0 aliphatic heterocycles. The number of hydrogen-bond donors (Lipinski definition) is 0. The van der Waals surface area contributed by atoms with Crippen molar-refractivity contribution in [2.45, 2.75) is 26.7 Å². The molecule has 0 unspecified atom stereocenters. The van der Waals surface area contributed by atoms with Crippen LogP contribution in [0.25, 0.3) is 10.9 Å². The van der Waals surface area contributed by atoms with Crippen molar-refractivity contribution in [1.29, 1.82) is 0 Å². The zero-order chi connectivity index (χ0) is 17.6. The third-order valence-corrected chi connectivity index (χ3v) is 4.17. The van der Waals surface area contributed by atoms with Gasteiger partial charge in [-0.25, -0.2) is 9.97 Å². The van der Waals surface area contributed by atoms with Gasteiger partial charge in [0.25, 0.3) is 0 Å². The van der Waals surface area contributed by atoms with Crippen molar-refractivity contribution < 1.29 is 9.47 Å². The summed E-state index contributed by atoms with van der Waals surface area (Å²) in [6, 6.07) is 11.7. The fourth-order valence-electron chi connectivity index (χ4n) is 2.77. The van der Waals surface area contributed by atoms with E-state index in [1.54, 1.807) is 0 Å². The molecular formula is C20H21ClN2O2. The van der Waals surface area contributed by atoms with E-state index in [2.05, 4.69) is 9.97 Å². The molecule has 25 heavy (non-hydrogen) atoms. The highest BCUT2D eigenvalue weighted by Gasteiger charge is 2.06. The molecule has 5 heteroatoms. The molecule has 3 rings (SSSR count). The van der Waals surface area contributed by atoms with E-state index in [9.17, 15) is 0 Å². The van der Waals surface area contributed by atoms with Crippen molar-refractivity contribution >= 4 is 22.5 Å². The molecule has 0 aliphatic rings. The van der Waals surface area contributed by atoms with Gasteiger partial charge in [0.15, 0.2) is 0 Å². The van der Waals surface area contributed by atoms with Crippen LogP contribution in [-0.2, 0) is 0 Å². The number of unbranched alkanes of at least 4 members (excludes halogenated alkanes) is 1. The Kier molecular flexibility index (Phi) is 5.71. The number of fused-ring (bicyclic) bond motifs is 1. The van der Waals surface area contributed by atoms with Gasteiger partial charge in [-0.15, -0.1) is 0 Å². The summed E-state index contributed by atoms with van der Waals surface area (Å²) in [5.41, 5.74) is 3.02. The average molecular weight is 357 g/mol. The molecule has 130 valence electrons. The normalized spacial score (nSPS) is 10.8. The Labute approximate surface area is 152 Å². The van der Waals surface area contributed by atoms with E-state index in [0.717, 1.165) is 45.6 Å². The van der Waals surface area contributed by atoms with Gasteiger partial charge in [-0.3, -0.25) is 0 Å². The Bertz CT molecular complexity index is 839. The van der Waals surface area contributed by atoms with Gasteiger partial charge in [-0.1, -0.05) is 23.7 Å². The molecule has 0 spiro atoms. The van der Waals surface area contributed by atoms with Crippen molar-refractivity contribution in [2.75, 3.05) is 13.2 Å². The van der Waals surface area contributed by atoms with E-state index >= 15 is 0 Å². The third kappa shape index (κ3) is 4.40. The van der Waals surface area contributed by atoms with E-state index in [1.807, 2.05) is 50.2 Å². The fourth-order valence-corrected chi connectivity index (χ4v) is 3.09. The van der Waals surface area contributed by atoms with Crippen LogP contribution in [-0.4, -0.2) is 23.2 Å². The van der Waals surface area contributed by atoms with Crippen molar-refractivity contribution in [3.8, 4) is 11.6 Å². The highest BCUT2D eigenvalue weighted by atomic mass is 35.5. The van der Waals surface area contributed by atoms with Crippen LogP contribution in [0.2, 0.25) is 5.02 Å². The Morgan fingerprint density at radius 3 is 2.36 bits per heavy atom. The summed E-state index contributed by atoms with van der Waals surface area (Å²) in [4.78, 5) is 8.46. The average Bonchev–Trinajstić information content (AvgIpc) is 2.59. The fraction of sp³-hybridized carbons (Fsp3) is 0.300. The number of nitrogens with zero attached hydrogens (tertiary/aromatic N) is 2. The van der Waals surface area contributed by atoms with Gasteiger partial charge in [0.1, 0.15) is 12.1 Å². The lowest BCUT2D eigenvalue weighted by Crippen LogP contribution is -2.05. The summed E-state index contributed by atoms with van der Waals surface area (Å²) in [6.45, 7) is 5.27. The van der Waals surface area contributed by atoms with Gasteiger partial charge < -0.3 is 9.47 Å². The van der Waals surface area contributed by atoms with Crippen LogP contribution in [0.5, 0.6) is 11.6 Å². The summed E-state index contributed by atoms with van der Waals surface area (Å²) in [5.74, 6) is 1.56. The largest absolute Gasteiger partial charge is 0.493 e. The maximum Gasteiger partial charge on any atom is 0.224 e. The van der Waals surface area contributed by atoms with Gasteiger partial charge in [-0.05, 0) is 62.1 Å². The monoisotopic (exact) mass is 356 g/mol. The Balaban J connectivity index is 1.46. The minimum atomic E-state index is 0.600. The molecule has 0 radical (unpaired) electrons. The molecule has 1 heterocycles. The molecule has 2 aromatic carbocycles. The summed E-state index contributed by atoms with van der Waals surface area (Å²) < 4.78 is 11.7. The number of hydrogen-bond acceptors (Lipinski definition) is 4. The summed E-state index contributed by atoms with van der Waals surface area (Å²) in [6.07, 6.45) is 3.33. The molecule has 4 nitrogen and oxygen atoms in total. The molecular weight excluding hydrogens is 336 g/mol. The van der Waals surface area contributed by atoms with Crippen LogP contribution >= 0.6 is 11.6 Å². The van der Waals surface area contributed by atoms with E-state index in [-0.39, 0.29) is 0 Å². The van der Waals surface area contributed by atoms with Crippen LogP contribution in [0, 0.1) is 13.8 Å². The molecule has 0 bridgehead atoms. The second-order valence-electron chi connectivity index (χ2n) is 5.97. The first-order valence-electron chi connectivity index (χ1n) is 8.37. The van der Waals surface area contributed by atoms with Gasteiger partial charge in [-0.2, -0.15) is 0 Å². The molecule has 0 saturated carbocycles. The van der Waals surface area contributed by atoms with Gasteiger partial charge in [0.2, 0.25) is 5.88 Å². The zero-order valence-electron chi connectivity index (χ0n) is 14.5. The first kappa shape index (κ1) is 17.5. The van der Waals surface area contributed by atoms with E-state index < -0.39 is 0 Å². The zero-order valence-corrected chi connectivity index (χ0v) is 15.2. The molecule has 1 aromatic heterocycles. The second kappa shape index (κ2) is 8.17. The van der Waals surface area contributed by atoms with Gasteiger partial charge in [0.05, 0.1) is 24.1 Å². The molecule has 0 aliphatic carbocycles. The Morgan fingerprint density at radius 1 is 0.920 bits per heavy atom. The van der Waals surface area contributed by atoms with Crippen LogP contribution in [0.15, 0.2) is 42.7 Å². The van der Waals surface area contributed by atoms with E-state index in [4.69, 9.17) is 21.1 Å². The number of aromatic nitrogens is 2. The number of para-hydroxylation sites is 1. The van der Waals surface area contributed by atoms with Crippen molar-refractivity contribution in [3.05, 3.63) is 58.9 Å². The number of aryl methyl sites for hydroxylation is 2. The third-order valence-electron chi connectivity index (χ3n) is 3.96. The number of ether oxygens (including phenoxy) is 2. The maximum atomic E-state index is 6.04. The predicted octanol–water partition coefficient (Wildman–Crippen LogP) is 5.14. The number of benzene rings is 2. The molecule has 0 amide bonds. The van der Waals surface area contributed by atoms with Crippen LogP contribution < -0.4 is 9.47 Å². The standard InChI is InChI=1S/C20H21ClN2O2/c1-14-11-16(21)12-15(2)19(14)24-9-5-6-10-25-20-17-7-3-4-8-18(17)22-13-23-20/h3-4,7-8,11-13H,5-6,9-10H2,1-2H3. The molecule has 0 atom stereocenters.